The van der Waals surface area contributed by atoms with E-state index in [4.69, 9.17) is 11.6 Å². The van der Waals surface area contributed by atoms with Crippen molar-refractivity contribution in [1.82, 2.24) is 19.6 Å². The molecule has 0 spiro atoms. The quantitative estimate of drug-likeness (QED) is 0.797. The maximum Gasteiger partial charge on any atom is 0.186 e. The number of halogens is 1. The molecule has 0 aromatic carbocycles. The molecule has 0 bridgehead atoms. The van der Waals surface area contributed by atoms with E-state index in [9.17, 15) is 4.79 Å². The first-order valence-corrected chi connectivity index (χ1v) is 5.99. The summed E-state index contributed by atoms with van der Waals surface area (Å²) < 4.78 is 3.29. The van der Waals surface area contributed by atoms with Gasteiger partial charge >= 0.3 is 0 Å². The van der Waals surface area contributed by atoms with Crippen molar-refractivity contribution in [2.24, 2.45) is 14.1 Å². The largest absolute Gasteiger partial charge is 0.292 e. The molecule has 0 fully saturated rings. The van der Waals surface area contributed by atoms with Crippen molar-refractivity contribution < 1.29 is 4.79 Å². The Hall–Kier alpha value is -1.62. The molecule has 0 saturated carbocycles. The van der Waals surface area contributed by atoms with Crippen LogP contribution in [0.15, 0.2) is 6.20 Å². The third-order valence-electron chi connectivity index (χ3n) is 3.15. The highest BCUT2D eigenvalue weighted by Gasteiger charge is 2.19. The Balaban J connectivity index is 2.33. The van der Waals surface area contributed by atoms with E-state index in [-0.39, 0.29) is 5.78 Å². The number of aromatic nitrogens is 4. The number of hydrogen-bond acceptors (Lipinski definition) is 3. The van der Waals surface area contributed by atoms with Gasteiger partial charge in [-0.05, 0) is 13.8 Å². The van der Waals surface area contributed by atoms with E-state index in [0.29, 0.717) is 17.1 Å². The molecule has 6 heteroatoms. The average Bonchev–Trinajstić information content (AvgIpc) is 2.74. The number of aryl methyl sites for hydroxylation is 3. The molecular weight excluding hydrogens is 252 g/mol. The topological polar surface area (TPSA) is 52.7 Å². The zero-order valence-corrected chi connectivity index (χ0v) is 11.6. The van der Waals surface area contributed by atoms with Gasteiger partial charge in [0.1, 0.15) is 5.69 Å². The molecule has 0 N–H and O–H groups in total. The number of rotatable bonds is 3. The van der Waals surface area contributed by atoms with Gasteiger partial charge in [-0.2, -0.15) is 10.2 Å². The summed E-state index contributed by atoms with van der Waals surface area (Å²) in [6.07, 6.45) is 1.78. The Morgan fingerprint density at radius 1 is 1.33 bits per heavy atom. The van der Waals surface area contributed by atoms with Crippen LogP contribution in [0.4, 0.5) is 0 Å². The fourth-order valence-corrected chi connectivity index (χ4v) is 2.31. The summed E-state index contributed by atoms with van der Waals surface area (Å²) in [4.78, 5) is 12.2. The summed E-state index contributed by atoms with van der Waals surface area (Å²) in [5.41, 5.74) is 3.28. The zero-order chi connectivity index (χ0) is 13.4. The van der Waals surface area contributed by atoms with Crippen LogP contribution in [0.1, 0.15) is 27.4 Å². The van der Waals surface area contributed by atoms with E-state index in [1.165, 1.54) is 10.9 Å². The summed E-state index contributed by atoms with van der Waals surface area (Å²) in [5, 5.41) is 8.66. The van der Waals surface area contributed by atoms with Crippen molar-refractivity contribution in [3.05, 3.63) is 33.9 Å². The molecule has 0 unspecified atom stereocenters. The second-order valence-corrected chi connectivity index (χ2v) is 4.74. The number of carbonyl (C=O) groups excluding carboxylic acids is 1. The van der Waals surface area contributed by atoms with Gasteiger partial charge in [0.15, 0.2) is 5.78 Å². The van der Waals surface area contributed by atoms with E-state index in [0.717, 1.165) is 17.0 Å². The third kappa shape index (κ3) is 2.06. The minimum atomic E-state index is -0.0424. The van der Waals surface area contributed by atoms with E-state index >= 15 is 0 Å². The maximum atomic E-state index is 12.2. The minimum absolute atomic E-state index is 0.0424. The number of carbonyl (C=O) groups is 1. The molecule has 2 rings (SSSR count). The molecule has 0 radical (unpaired) electrons. The molecule has 0 aliphatic rings. The van der Waals surface area contributed by atoms with Crippen molar-refractivity contribution in [3.8, 4) is 0 Å². The van der Waals surface area contributed by atoms with Gasteiger partial charge in [0.25, 0.3) is 0 Å². The van der Waals surface area contributed by atoms with Gasteiger partial charge in [-0.25, -0.2) is 0 Å². The van der Waals surface area contributed by atoms with Gasteiger partial charge in [-0.15, -0.1) is 0 Å². The third-order valence-corrected chi connectivity index (χ3v) is 3.43. The van der Waals surface area contributed by atoms with Crippen molar-refractivity contribution in [3.63, 3.8) is 0 Å². The van der Waals surface area contributed by atoms with Crippen LogP contribution < -0.4 is 0 Å². The fraction of sp³-hybridized carbons (Fsp3) is 0.417. The lowest BCUT2D eigenvalue weighted by molar-refractivity contribution is 0.0983. The molecule has 0 atom stereocenters. The summed E-state index contributed by atoms with van der Waals surface area (Å²) >= 11 is 5.97. The summed E-state index contributed by atoms with van der Waals surface area (Å²) in [7, 11) is 3.58. The fourth-order valence-electron chi connectivity index (χ4n) is 2.04. The smallest absolute Gasteiger partial charge is 0.186 e. The van der Waals surface area contributed by atoms with Gasteiger partial charge < -0.3 is 0 Å². The van der Waals surface area contributed by atoms with Crippen LogP contribution in [0.2, 0.25) is 5.02 Å². The summed E-state index contributed by atoms with van der Waals surface area (Å²) in [6, 6.07) is 0. The first-order chi connectivity index (χ1) is 8.41. The van der Waals surface area contributed by atoms with Crippen LogP contribution in [-0.4, -0.2) is 25.3 Å². The van der Waals surface area contributed by atoms with Crippen LogP contribution in [0.5, 0.6) is 0 Å². The van der Waals surface area contributed by atoms with Gasteiger partial charge in [0.2, 0.25) is 0 Å². The molecule has 2 aromatic rings. The predicted octanol–water partition coefficient (Wildman–Crippen LogP) is 1.85. The molecular formula is C12H15ClN4O. The Labute approximate surface area is 110 Å². The van der Waals surface area contributed by atoms with Crippen LogP contribution >= 0.6 is 11.6 Å². The monoisotopic (exact) mass is 266 g/mol. The van der Waals surface area contributed by atoms with Crippen molar-refractivity contribution in [2.75, 3.05) is 0 Å². The Kier molecular flexibility index (Phi) is 3.26. The molecule has 2 aromatic heterocycles. The van der Waals surface area contributed by atoms with Crippen LogP contribution in [0.3, 0.4) is 0 Å². The Bertz CT molecular complexity index is 592. The van der Waals surface area contributed by atoms with Crippen molar-refractivity contribution >= 4 is 17.4 Å². The van der Waals surface area contributed by atoms with Gasteiger partial charge in [0, 0.05) is 31.8 Å². The van der Waals surface area contributed by atoms with Crippen molar-refractivity contribution in [2.45, 2.75) is 20.3 Å². The molecule has 0 saturated heterocycles. The lowest BCUT2D eigenvalue weighted by atomic mass is 10.1. The normalized spacial score (nSPS) is 10.9. The first kappa shape index (κ1) is 12.8. The number of ketones is 1. The van der Waals surface area contributed by atoms with E-state index in [1.807, 2.05) is 20.9 Å². The van der Waals surface area contributed by atoms with Gasteiger partial charge in [-0.1, -0.05) is 11.6 Å². The second kappa shape index (κ2) is 4.57. The van der Waals surface area contributed by atoms with Crippen LogP contribution in [0.25, 0.3) is 0 Å². The number of Topliss-reactive ketones (excluding diaryl/α,β-unsaturated/α-hetero) is 1. The highest BCUT2D eigenvalue weighted by molar-refractivity contribution is 6.33. The highest BCUT2D eigenvalue weighted by atomic mass is 35.5. The first-order valence-electron chi connectivity index (χ1n) is 5.61. The van der Waals surface area contributed by atoms with E-state index in [2.05, 4.69) is 10.2 Å². The Morgan fingerprint density at radius 2 is 2.00 bits per heavy atom. The van der Waals surface area contributed by atoms with E-state index in [1.54, 1.807) is 11.7 Å². The average molecular weight is 267 g/mol. The minimum Gasteiger partial charge on any atom is -0.292 e. The van der Waals surface area contributed by atoms with Crippen LogP contribution in [0, 0.1) is 13.8 Å². The molecule has 0 aliphatic heterocycles. The maximum absolute atomic E-state index is 12.2. The summed E-state index contributed by atoms with van der Waals surface area (Å²) in [5.74, 6) is -0.0424. The van der Waals surface area contributed by atoms with Crippen molar-refractivity contribution in [1.29, 1.82) is 0 Å². The molecule has 96 valence electrons. The molecule has 0 aliphatic carbocycles. The summed E-state index contributed by atoms with van der Waals surface area (Å²) in [6.45, 7) is 3.86. The van der Waals surface area contributed by atoms with Gasteiger partial charge in [-0.3, -0.25) is 14.2 Å². The lowest BCUT2D eigenvalue weighted by Crippen LogP contribution is -2.11. The molecule has 5 nitrogen and oxygen atoms in total. The molecule has 18 heavy (non-hydrogen) atoms. The van der Waals surface area contributed by atoms with E-state index < -0.39 is 0 Å². The van der Waals surface area contributed by atoms with Gasteiger partial charge in [0.05, 0.1) is 16.9 Å². The molecule has 0 amide bonds. The number of hydrogen-bond donors (Lipinski definition) is 0. The SMILES string of the molecule is Cc1nn(C)c(C)c1CC(=O)c1c(Cl)cnn1C. The standard InChI is InChI=1S/C12H15ClN4O/c1-7-9(8(2)16(3)15-7)5-11(18)12-10(13)6-14-17(12)4/h6H,5H2,1-4H3. The zero-order valence-electron chi connectivity index (χ0n) is 10.9. The van der Waals surface area contributed by atoms with Crippen LogP contribution in [-0.2, 0) is 20.5 Å². The predicted molar refractivity (Wildman–Crippen MR) is 68.9 cm³/mol. The lowest BCUT2D eigenvalue weighted by Gasteiger charge is -2.03. The Morgan fingerprint density at radius 3 is 2.44 bits per heavy atom. The highest BCUT2D eigenvalue weighted by Crippen LogP contribution is 2.19. The number of nitrogens with zero attached hydrogens (tertiary/aromatic N) is 4. The second-order valence-electron chi connectivity index (χ2n) is 4.34. The molecule has 2 heterocycles.